The normalized spacial score (nSPS) is 10.2. The summed E-state index contributed by atoms with van der Waals surface area (Å²) >= 11 is 0. The number of aryl methyl sites for hydroxylation is 2. The van der Waals surface area contributed by atoms with Crippen molar-refractivity contribution in [1.82, 2.24) is 16.2 Å². The molecule has 0 saturated carbocycles. The molecule has 0 spiro atoms. The molecular formula is C16H15F2N3O4. The van der Waals surface area contributed by atoms with Crippen molar-refractivity contribution in [3.63, 3.8) is 0 Å². The fourth-order valence-electron chi connectivity index (χ4n) is 2.02. The molecule has 0 fully saturated rings. The number of hydrogen-bond acceptors (Lipinski definition) is 4. The average molecular weight is 351 g/mol. The minimum absolute atomic E-state index is 0.259. The van der Waals surface area contributed by atoms with Gasteiger partial charge in [0.1, 0.15) is 23.2 Å². The number of carbonyl (C=O) groups excluding carboxylic acids is 3. The van der Waals surface area contributed by atoms with Gasteiger partial charge in [-0.25, -0.2) is 8.78 Å². The average Bonchev–Trinajstić information content (AvgIpc) is 2.88. The molecule has 2 aromatic rings. The molecule has 2 rings (SSSR count). The lowest BCUT2D eigenvalue weighted by molar-refractivity contribution is -0.120. The van der Waals surface area contributed by atoms with E-state index < -0.39 is 41.5 Å². The first-order valence-corrected chi connectivity index (χ1v) is 7.17. The number of halogens is 2. The maximum absolute atomic E-state index is 13.4. The second-order valence-electron chi connectivity index (χ2n) is 5.14. The van der Waals surface area contributed by atoms with Crippen molar-refractivity contribution in [2.24, 2.45) is 0 Å². The fourth-order valence-corrected chi connectivity index (χ4v) is 2.02. The summed E-state index contributed by atoms with van der Waals surface area (Å²) in [5.74, 6) is -3.14. The SMILES string of the molecule is Cc1cc(C(=O)NNC(=O)CNC(=O)c2ccc(F)cc2F)c(C)o1. The van der Waals surface area contributed by atoms with Crippen molar-refractivity contribution in [2.75, 3.05) is 6.54 Å². The van der Waals surface area contributed by atoms with Gasteiger partial charge in [-0.3, -0.25) is 25.2 Å². The topological polar surface area (TPSA) is 100 Å². The van der Waals surface area contributed by atoms with Crippen molar-refractivity contribution in [3.8, 4) is 0 Å². The van der Waals surface area contributed by atoms with Gasteiger partial charge in [-0.15, -0.1) is 0 Å². The van der Waals surface area contributed by atoms with Gasteiger partial charge in [0.25, 0.3) is 17.7 Å². The molecule has 0 aliphatic rings. The molecule has 0 aliphatic heterocycles. The molecule has 7 nitrogen and oxygen atoms in total. The summed E-state index contributed by atoms with van der Waals surface area (Å²) in [5, 5.41) is 2.15. The quantitative estimate of drug-likeness (QED) is 0.724. The molecular weight excluding hydrogens is 336 g/mol. The smallest absolute Gasteiger partial charge is 0.273 e. The Bertz CT molecular complexity index is 833. The fraction of sp³-hybridized carbons (Fsp3) is 0.188. The predicted molar refractivity (Wildman–Crippen MR) is 82.5 cm³/mol. The lowest BCUT2D eigenvalue weighted by Crippen LogP contribution is -2.46. The zero-order valence-corrected chi connectivity index (χ0v) is 13.4. The standard InChI is InChI=1S/C16H15F2N3O4/c1-8-5-12(9(2)25-8)16(24)21-20-14(22)7-19-15(23)11-4-3-10(17)6-13(11)18/h3-6H,7H2,1-2H3,(H,19,23)(H,20,22)(H,21,24). The molecule has 1 aromatic carbocycles. The number of nitrogens with one attached hydrogen (secondary N) is 3. The highest BCUT2D eigenvalue weighted by Gasteiger charge is 2.16. The van der Waals surface area contributed by atoms with Gasteiger partial charge in [0, 0.05) is 6.07 Å². The number of furan rings is 1. The molecule has 9 heteroatoms. The van der Waals surface area contributed by atoms with Gasteiger partial charge in [-0.1, -0.05) is 0 Å². The molecule has 3 N–H and O–H groups in total. The van der Waals surface area contributed by atoms with Crippen LogP contribution < -0.4 is 16.2 Å². The van der Waals surface area contributed by atoms with Crippen LogP contribution in [-0.2, 0) is 4.79 Å². The molecule has 0 aliphatic carbocycles. The Morgan fingerprint density at radius 2 is 1.72 bits per heavy atom. The van der Waals surface area contributed by atoms with Crippen LogP contribution in [0.15, 0.2) is 28.7 Å². The van der Waals surface area contributed by atoms with Crippen molar-refractivity contribution in [3.05, 3.63) is 58.5 Å². The maximum Gasteiger partial charge on any atom is 0.273 e. The molecule has 1 aromatic heterocycles. The van der Waals surface area contributed by atoms with Gasteiger partial charge >= 0.3 is 0 Å². The first kappa shape index (κ1) is 18.1. The highest BCUT2D eigenvalue weighted by molar-refractivity contribution is 5.98. The van der Waals surface area contributed by atoms with E-state index >= 15 is 0 Å². The van der Waals surface area contributed by atoms with Crippen LogP contribution in [0.3, 0.4) is 0 Å². The van der Waals surface area contributed by atoms with Crippen molar-refractivity contribution in [1.29, 1.82) is 0 Å². The molecule has 0 saturated heterocycles. The van der Waals surface area contributed by atoms with Crippen LogP contribution in [0.25, 0.3) is 0 Å². The third-order valence-electron chi connectivity index (χ3n) is 3.19. The van der Waals surface area contributed by atoms with Crippen molar-refractivity contribution < 1.29 is 27.6 Å². The van der Waals surface area contributed by atoms with E-state index in [4.69, 9.17) is 4.42 Å². The summed E-state index contributed by atoms with van der Waals surface area (Å²) < 4.78 is 31.4. The van der Waals surface area contributed by atoms with Gasteiger partial charge < -0.3 is 9.73 Å². The van der Waals surface area contributed by atoms with Gasteiger partial charge in [-0.05, 0) is 32.0 Å². The van der Waals surface area contributed by atoms with E-state index in [1.807, 2.05) is 0 Å². The summed E-state index contributed by atoms with van der Waals surface area (Å²) in [6.45, 7) is 2.76. The van der Waals surface area contributed by atoms with E-state index in [0.29, 0.717) is 17.6 Å². The Hall–Kier alpha value is -3.23. The zero-order chi connectivity index (χ0) is 18.6. The van der Waals surface area contributed by atoms with Crippen LogP contribution in [0, 0.1) is 25.5 Å². The third-order valence-corrected chi connectivity index (χ3v) is 3.19. The zero-order valence-electron chi connectivity index (χ0n) is 13.4. The van der Waals surface area contributed by atoms with Crippen LogP contribution in [0.1, 0.15) is 32.2 Å². The number of carbonyl (C=O) groups is 3. The van der Waals surface area contributed by atoms with E-state index in [1.165, 1.54) is 6.07 Å². The summed E-state index contributed by atoms with van der Waals surface area (Å²) in [7, 11) is 0. The number of amides is 3. The van der Waals surface area contributed by atoms with Crippen molar-refractivity contribution >= 4 is 17.7 Å². The number of benzene rings is 1. The van der Waals surface area contributed by atoms with E-state index in [-0.39, 0.29) is 5.56 Å². The number of hydrogen-bond donors (Lipinski definition) is 3. The maximum atomic E-state index is 13.4. The Balaban J connectivity index is 1.83. The van der Waals surface area contributed by atoms with Crippen LogP contribution >= 0.6 is 0 Å². The summed E-state index contributed by atoms with van der Waals surface area (Å²) in [4.78, 5) is 35.2. The van der Waals surface area contributed by atoms with Gasteiger partial charge in [0.05, 0.1) is 17.7 Å². The highest BCUT2D eigenvalue weighted by atomic mass is 19.1. The molecule has 3 amide bonds. The molecule has 0 atom stereocenters. The molecule has 0 bridgehead atoms. The van der Waals surface area contributed by atoms with E-state index in [1.54, 1.807) is 13.8 Å². The first-order valence-electron chi connectivity index (χ1n) is 7.17. The van der Waals surface area contributed by atoms with Gasteiger partial charge in [0.2, 0.25) is 0 Å². The second-order valence-corrected chi connectivity index (χ2v) is 5.14. The Morgan fingerprint density at radius 3 is 2.32 bits per heavy atom. The lowest BCUT2D eigenvalue weighted by Gasteiger charge is -2.08. The third kappa shape index (κ3) is 4.63. The first-order chi connectivity index (χ1) is 11.8. The Morgan fingerprint density at radius 1 is 1.00 bits per heavy atom. The minimum atomic E-state index is -1.04. The Kier molecular flexibility index (Phi) is 5.48. The molecule has 132 valence electrons. The number of rotatable bonds is 4. The highest BCUT2D eigenvalue weighted by Crippen LogP contribution is 2.13. The van der Waals surface area contributed by atoms with E-state index in [0.717, 1.165) is 12.1 Å². The monoisotopic (exact) mass is 351 g/mol. The van der Waals surface area contributed by atoms with Crippen LogP contribution in [0.4, 0.5) is 8.78 Å². The molecule has 0 unspecified atom stereocenters. The predicted octanol–water partition coefficient (Wildman–Crippen LogP) is 1.37. The second kappa shape index (κ2) is 7.56. The van der Waals surface area contributed by atoms with Crippen molar-refractivity contribution in [2.45, 2.75) is 13.8 Å². The minimum Gasteiger partial charge on any atom is -0.466 e. The molecule has 25 heavy (non-hydrogen) atoms. The van der Waals surface area contributed by atoms with E-state index in [2.05, 4.69) is 16.2 Å². The summed E-state index contributed by atoms with van der Waals surface area (Å²) in [6.07, 6.45) is 0. The Labute approximate surface area is 141 Å². The van der Waals surface area contributed by atoms with Gasteiger partial charge in [-0.2, -0.15) is 0 Å². The van der Waals surface area contributed by atoms with Crippen LogP contribution in [0.2, 0.25) is 0 Å². The summed E-state index contributed by atoms with van der Waals surface area (Å²) in [6, 6.07) is 3.96. The number of hydrazine groups is 1. The van der Waals surface area contributed by atoms with Crippen LogP contribution in [0.5, 0.6) is 0 Å². The van der Waals surface area contributed by atoms with Crippen LogP contribution in [-0.4, -0.2) is 24.3 Å². The largest absolute Gasteiger partial charge is 0.466 e. The molecule has 0 radical (unpaired) electrons. The summed E-state index contributed by atoms with van der Waals surface area (Å²) in [5.41, 5.74) is 4.12. The molecule has 1 heterocycles. The van der Waals surface area contributed by atoms with Gasteiger partial charge in [0.15, 0.2) is 0 Å². The van der Waals surface area contributed by atoms with E-state index in [9.17, 15) is 23.2 Å². The lowest BCUT2D eigenvalue weighted by atomic mass is 10.2.